The fourth-order valence-corrected chi connectivity index (χ4v) is 8.18. The van der Waals surface area contributed by atoms with E-state index in [0.717, 1.165) is 24.5 Å². The number of benzene rings is 2. The van der Waals surface area contributed by atoms with Crippen molar-refractivity contribution < 1.29 is 24.2 Å². The highest BCUT2D eigenvalue weighted by molar-refractivity contribution is 6.07. The van der Waals surface area contributed by atoms with E-state index in [-0.39, 0.29) is 36.8 Å². The second-order valence-corrected chi connectivity index (χ2v) is 13.1. The Morgan fingerprint density at radius 1 is 0.826 bits per heavy atom. The third-order valence-electron chi connectivity index (χ3n) is 10.5. The summed E-state index contributed by atoms with van der Waals surface area (Å²) in [6.07, 6.45) is 8.12. The van der Waals surface area contributed by atoms with Gasteiger partial charge >= 0.3 is 0 Å². The maximum absolute atomic E-state index is 14.9. The summed E-state index contributed by atoms with van der Waals surface area (Å²) in [4.78, 5) is 51.7. The highest BCUT2D eigenvalue weighted by atomic mass is 16.5. The summed E-state index contributed by atoms with van der Waals surface area (Å²) in [6, 6.07) is 15.7. The summed E-state index contributed by atoms with van der Waals surface area (Å²) in [5, 5.41) is 10.6. The molecule has 6 atom stereocenters. The van der Waals surface area contributed by atoms with E-state index in [2.05, 4.69) is 18.7 Å². The molecule has 9 heteroatoms. The Labute approximate surface area is 272 Å². The fraction of sp³-hybridized carbons (Fsp3) is 0.486. The molecule has 2 fully saturated rings. The van der Waals surface area contributed by atoms with Gasteiger partial charge in [-0.3, -0.25) is 14.4 Å². The van der Waals surface area contributed by atoms with Gasteiger partial charge in [0.05, 0.1) is 30.1 Å². The molecule has 0 bridgehead atoms. The lowest BCUT2D eigenvalue weighted by atomic mass is 9.73. The SMILES string of the molecule is CCN(CC)c1ccc(N2CC=C[C@]34O[C@@]5(CC)C=CCN(c6ccccc6)C(=O)[C@H]5[C@H]3C(=O)N([C@@H](CO)C(C)C)C4C2=O)cc1. The van der Waals surface area contributed by atoms with E-state index < -0.39 is 35.1 Å². The van der Waals surface area contributed by atoms with Crippen LogP contribution in [0.5, 0.6) is 0 Å². The number of fused-ring (bicyclic) bond motifs is 2. The number of amides is 3. The number of anilines is 3. The number of carbonyl (C=O) groups is 3. The molecule has 4 aliphatic rings. The maximum Gasteiger partial charge on any atom is 0.253 e. The van der Waals surface area contributed by atoms with Crippen molar-refractivity contribution in [2.45, 2.75) is 64.3 Å². The van der Waals surface area contributed by atoms with Crippen molar-refractivity contribution >= 4 is 34.8 Å². The van der Waals surface area contributed by atoms with E-state index in [1.807, 2.05) is 99.7 Å². The Morgan fingerprint density at radius 3 is 2.02 bits per heavy atom. The number of aliphatic hydroxyl groups is 1. The highest BCUT2D eigenvalue weighted by Gasteiger charge is 2.76. The summed E-state index contributed by atoms with van der Waals surface area (Å²) >= 11 is 0. The molecule has 46 heavy (non-hydrogen) atoms. The number of ether oxygens (including phenoxy) is 1. The predicted molar refractivity (Wildman–Crippen MR) is 180 cm³/mol. The van der Waals surface area contributed by atoms with Crippen LogP contribution < -0.4 is 14.7 Å². The van der Waals surface area contributed by atoms with Crippen LogP contribution in [0.25, 0.3) is 0 Å². The zero-order valence-corrected chi connectivity index (χ0v) is 27.5. The summed E-state index contributed by atoms with van der Waals surface area (Å²) < 4.78 is 7.12. The molecule has 3 amide bonds. The summed E-state index contributed by atoms with van der Waals surface area (Å²) in [5.41, 5.74) is 0.0483. The molecular formula is C37H46N4O5. The molecule has 2 saturated heterocycles. The van der Waals surface area contributed by atoms with Crippen molar-refractivity contribution in [2.75, 3.05) is 47.5 Å². The van der Waals surface area contributed by atoms with Crippen molar-refractivity contribution in [2.24, 2.45) is 17.8 Å². The number of rotatable bonds is 9. The molecule has 1 spiro atoms. The predicted octanol–water partition coefficient (Wildman–Crippen LogP) is 4.42. The lowest BCUT2D eigenvalue weighted by molar-refractivity contribution is -0.150. The van der Waals surface area contributed by atoms with Crippen LogP contribution in [0.15, 0.2) is 78.9 Å². The maximum atomic E-state index is 14.9. The van der Waals surface area contributed by atoms with Crippen LogP contribution >= 0.6 is 0 Å². The smallest absolute Gasteiger partial charge is 0.253 e. The number of aliphatic hydroxyl groups excluding tert-OH is 1. The number of para-hydroxylation sites is 1. The van der Waals surface area contributed by atoms with Crippen molar-refractivity contribution in [1.82, 2.24) is 4.90 Å². The first-order chi connectivity index (χ1) is 22.2. The minimum Gasteiger partial charge on any atom is -0.394 e. The monoisotopic (exact) mass is 626 g/mol. The molecule has 1 unspecified atom stereocenters. The molecule has 0 aromatic heterocycles. The van der Waals surface area contributed by atoms with Crippen molar-refractivity contribution in [3.8, 4) is 0 Å². The second-order valence-electron chi connectivity index (χ2n) is 13.1. The molecule has 2 aromatic carbocycles. The van der Waals surface area contributed by atoms with Gasteiger partial charge in [-0.15, -0.1) is 0 Å². The first kappa shape index (κ1) is 32.0. The summed E-state index contributed by atoms with van der Waals surface area (Å²) in [7, 11) is 0. The van der Waals surface area contributed by atoms with Gasteiger partial charge in [0.1, 0.15) is 11.6 Å². The van der Waals surface area contributed by atoms with Crippen LogP contribution in [0.3, 0.4) is 0 Å². The van der Waals surface area contributed by atoms with Gasteiger partial charge in [-0.05, 0) is 62.6 Å². The van der Waals surface area contributed by atoms with Crippen LogP contribution in [0.4, 0.5) is 17.1 Å². The normalized spacial score (nSPS) is 29.5. The standard InChI is InChI=1S/C37H46N4O5/c1-6-36-20-12-22-39(27-14-10-9-11-15-27)33(43)30(36)31-34(44)41(29(24-42)25(4)5)32-35(45)40(23-13-21-37(31,32)46-36)28-18-16-26(17-19-28)38(7-2)8-3/h9-21,25,29-32,42H,6-8,22-24H2,1-5H3/t29-,30+,31-,32?,36-,37-/m0/s1. The van der Waals surface area contributed by atoms with Crippen LogP contribution in [0.2, 0.25) is 0 Å². The molecule has 1 N–H and O–H groups in total. The number of carbonyl (C=O) groups excluding carboxylic acids is 3. The largest absolute Gasteiger partial charge is 0.394 e. The average molecular weight is 627 g/mol. The molecule has 0 radical (unpaired) electrons. The van der Waals surface area contributed by atoms with Gasteiger partial charge < -0.3 is 29.4 Å². The molecule has 4 heterocycles. The summed E-state index contributed by atoms with van der Waals surface area (Å²) in [5.74, 6) is -2.76. The minimum atomic E-state index is -1.40. The lowest BCUT2D eigenvalue weighted by Gasteiger charge is -2.41. The fourth-order valence-electron chi connectivity index (χ4n) is 8.18. The quantitative estimate of drug-likeness (QED) is 0.415. The van der Waals surface area contributed by atoms with Crippen LogP contribution in [0, 0.1) is 17.8 Å². The van der Waals surface area contributed by atoms with E-state index in [0.29, 0.717) is 18.7 Å². The Kier molecular flexibility index (Phi) is 8.59. The van der Waals surface area contributed by atoms with Crippen LogP contribution in [-0.2, 0) is 19.1 Å². The Balaban J connectivity index is 1.48. The van der Waals surface area contributed by atoms with Crippen LogP contribution in [-0.4, -0.2) is 83.8 Å². The van der Waals surface area contributed by atoms with Gasteiger partial charge in [0.25, 0.3) is 5.91 Å². The molecule has 0 aliphatic carbocycles. The highest BCUT2D eigenvalue weighted by Crippen LogP contribution is 2.59. The van der Waals surface area contributed by atoms with Gasteiger partial charge in [-0.1, -0.05) is 63.3 Å². The molecule has 244 valence electrons. The number of hydrogen-bond donors (Lipinski definition) is 1. The third-order valence-corrected chi connectivity index (χ3v) is 10.5. The first-order valence-electron chi connectivity index (χ1n) is 16.7. The van der Waals surface area contributed by atoms with Gasteiger partial charge in [0.2, 0.25) is 11.8 Å². The van der Waals surface area contributed by atoms with E-state index in [1.165, 1.54) is 0 Å². The second kappa shape index (κ2) is 12.3. The molecule has 0 saturated carbocycles. The van der Waals surface area contributed by atoms with E-state index >= 15 is 0 Å². The first-order valence-corrected chi connectivity index (χ1v) is 16.7. The third kappa shape index (κ3) is 4.78. The van der Waals surface area contributed by atoms with E-state index in [9.17, 15) is 19.5 Å². The molecule has 9 nitrogen and oxygen atoms in total. The Morgan fingerprint density at radius 2 is 1.43 bits per heavy atom. The summed E-state index contributed by atoms with van der Waals surface area (Å²) in [6.45, 7) is 12.1. The van der Waals surface area contributed by atoms with Crippen molar-refractivity contribution in [3.63, 3.8) is 0 Å². The topological polar surface area (TPSA) is 93.6 Å². The lowest BCUT2D eigenvalue weighted by Crippen LogP contribution is -2.60. The zero-order valence-electron chi connectivity index (χ0n) is 27.5. The van der Waals surface area contributed by atoms with Crippen molar-refractivity contribution in [1.29, 1.82) is 0 Å². The minimum absolute atomic E-state index is 0.145. The zero-order chi connectivity index (χ0) is 32.8. The number of likely N-dealkylation sites (tertiary alicyclic amines) is 1. The molecule has 6 rings (SSSR count). The Bertz CT molecular complexity index is 1520. The van der Waals surface area contributed by atoms with Gasteiger partial charge in [0.15, 0.2) is 0 Å². The molecule has 4 aliphatic heterocycles. The average Bonchev–Trinajstić information content (AvgIpc) is 3.35. The van der Waals surface area contributed by atoms with Crippen LogP contribution in [0.1, 0.15) is 41.0 Å². The van der Waals surface area contributed by atoms with Gasteiger partial charge in [-0.2, -0.15) is 0 Å². The number of hydrogen-bond acceptors (Lipinski definition) is 6. The van der Waals surface area contributed by atoms with Crippen molar-refractivity contribution in [3.05, 3.63) is 78.9 Å². The van der Waals surface area contributed by atoms with E-state index in [4.69, 9.17) is 4.74 Å². The molecule has 2 aromatic rings. The number of nitrogens with zero attached hydrogens (tertiary/aromatic N) is 4. The van der Waals surface area contributed by atoms with Gasteiger partial charge in [-0.25, -0.2) is 0 Å². The molecular weight excluding hydrogens is 580 g/mol. The van der Waals surface area contributed by atoms with E-state index in [1.54, 1.807) is 14.7 Å². The van der Waals surface area contributed by atoms with Gasteiger partial charge in [0, 0.05) is 43.2 Å². The Hall–Kier alpha value is -3.95.